The van der Waals surface area contributed by atoms with E-state index in [1.54, 1.807) is 18.2 Å². The van der Waals surface area contributed by atoms with Crippen LogP contribution in [0.3, 0.4) is 0 Å². The number of carbonyl (C=O) groups excluding carboxylic acids is 3. The van der Waals surface area contributed by atoms with Gasteiger partial charge in [0.2, 0.25) is 0 Å². The molecular formula is C16H11NO4. The fraction of sp³-hybridized carbons (Fsp3) is 0.0625. The standard InChI is InChI=1S/C16H11NO4/c1-17-16(21)11-7-6-10-12(15(11)20)14(19)9-5-3-2-4-8(9)13(10)18/h2-7,20H,1H3,(H,17,21). The second kappa shape index (κ2) is 4.56. The first-order valence-corrected chi connectivity index (χ1v) is 6.32. The van der Waals surface area contributed by atoms with Gasteiger partial charge in [-0.05, 0) is 12.1 Å². The van der Waals surface area contributed by atoms with Crippen LogP contribution in [0.2, 0.25) is 0 Å². The van der Waals surface area contributed by atoms with Gasteiger partial charge in [-0.15, -0.1) is 0 Å². The van der Waals surface area contributed by atoms with Gasteiger partial charge in [-0.3, -0.25) is 14.4 Å². The zero-order valence-electron chi connectivity index (χ0n) is 11.1. The molecule has 2 aromatic rings. The second-order valence-electron chi connectivity index (χ2n) is 4.67. The molecule has 0 saturated carbocycles. The number of ketones is 2. The predicted octanol–water partition coefficient (Wildman–Crippen LogP) is 1.53. The van der Waals surface area contributed by atoms with Gasteiger partial charge in [-0.1, -0.05) is 24.3 Å². The largest absolute Gasteiger partial charge is 0.506 e. The van der Waals surface area contributed by atoms with Crippen molar-refractivity contribution >= 4 is 17.5 Å². The zero-order valence-corrected chi connectivity index (χ0v) is 11.1. The smallest absolute Gasteiger partial charge is 0.254 e. The molecule has 21 heavy (non-hydrogen) atoms. The van der Waals surface area contributed by atoms with Crippen LogP contribution in [0.15, 0.2) is 36.4 Å². The highest BCUT2D eigenvalue weighted by atomic mass is 16.3. The van der Waals surface area contributed by atoms with Gasteiger partial charge in [0, 0.05) is 23.7 Å². The molecule has 0 atom stereocenters. The van der Waals surface area contributed by atoms with Crippen LogP contribution in [0.1, 0.15) is 42.2 Å². The number of benzene rings is 2. The van der Waals surface area contributed by atoms with Gasteiger partial charge in [-0.25, -0.2) is 0 Å². The van der Waals surface area contributed by atoms with Crippen LogP contribution in [-0.4, -0.2) is 29.6 Å². The van der Waals surface area contributed by atoms with Crippen LogP contribution in [0.4, 0.5) is 0 Å². The molecule has 2 N–H and O–H groups in total. The normalized spacial score (nSPS) is 12.6. The van der Waals surface area contributed by atoms with Crippen molar-refractivity contribution in [3.05, 3.63) is 64.2 Å². The van der Waals surface area contributed by atoms with Crippen molar-refractivity contribution < 1.29 is 19.5 Å². The van der Waals surface area contributed by atoms with Crippen molar-refractivity contribution in [1.82, 2.24) is 5.32 Å². The third-order valence-corrected chi connectivity index (χ3v) is 3.54. The molecule has 5 heteroatoms. The molecule has 0 unspecified atom stereocenters. The van der Waals surface area contributed by atoms with E-state index in [0.717, 1.165) is 0 Å². The number of carbonyl (C=O) groups is 3. The molecule has 0 aliphatic heterocycles. The van der Waals surface area contributed by atoms with Crippen molar-refractivity contribution in [3.63, 3.8) is 0 Å². The maximum absolute atomic E-state index is 12.5. The van der Waals surface area contributed by atoms with E-state index in [1.807, 2.05) is 0 Å². The summed E-state index contributed by atoms with van der Waals surface area (Å²) in [6, 6.07) is 9.16. The van der Waals surface area contributed by atoms with E-state index < -0.39 is 17.4 Å². The Kier molecular flexibility index (Phi) is 2.83. The SMILES string of the molecule is CNC(=O)c1ccc2c(c1O)C(=O)c1ccccc1C2=O. The summed E-state index contributed by atoms with van der Waals surface area (Å²) in [4.78, 5) is 36.6. The van der Waals surface area contributed by atoms with E-state index in [4.69, 9.17) is 0 Å². The highest BCUT2D eigenvalue weighted by Gasteiger charge is 2.33. The molecule has 1 amide bonds. The summed E-state index contributed by atoms with van der Waals surface area (Å²) >= 11 is 0. The zero-order chi connectivity index (χ0) is 15.1. The molecule has 104 valence electrons. The van der Waals surface area contributed by atoms with Gasteiger partial charge in [0.05, 0.1) is 11.1 Å². The summed E-state index contributed by atoms with van der Waals surface area (Å²) in [7, 11) is 1.42. The number of fused-ring (bicyclic) bond motifs is 2. The first-order chi connectivity index (χ1) is 10.1. The lowest BCUT2D eigenvalue weighted by molar-refractivity contribution is 0.0955. The lowest BCUT2D eigenvalue weighted by Crippen LogP contribution is -2.24. The molecule has 3 rings (SSSR count). The number of nitrogens with one attached hydrogen (secondary N) is 1. The quantitative estimate of drug-likeness (QED) is 0.708. The molecule has 2 aromatic carbocycles. The Morgan fingerprint density at radius 2 is 1.57 bits per heavy atom. The van der Waals surface area contributed by atoms with Gasteiger partial charge in [-0.2, -0.15) is 0 Å². The number of hydrogen-bond donors (Lipinski definition) is 2. The number of hydrogen-bond acceptors (Lipinski definition) is 4. The Morgan fingerprint density at radius 1 is 0.952 bits per heavy atom. The number of rotatable bonds is 1. The Bertz CT molecular complexity index is 808. The molecule has 0 saturated heterocycles. The number of aromatic hydroxyl groups is 1. The van der Waals surface area contributed by atoms with Gasteiger partial charge >= 0.3 is 0 Å². The minimum atomic E-state index is -0.519. The molecular weight excluding hydrogens is 270 g/mol. The van der Waals surface area contributed by atoms with Crippen molar-refractivity contribution in [1.29, 1.82) is 0 Å². The van der Waals surface area contributed by atoms with E-state index in [2.05, 4.69) is 5.32 Å². The topological polar surface area (TPSA) is 83.5 Å². The summed E-state index contributed by atoms with van der Waals surface area (Å²) in [5, 5.41) is 12.6. The third-order valence-electron chi connectivity index (χ3n) is 3.54. The molecule has 1 aliphatic rings. The number of amides is 1. The summed E-state index contributed by atoms with van der Waals surface area (Å²) < 4.78 is 0. The molecule has 0 aromatic heterocycles. The van der Waals surface area contributed by atoms with Crippen LogP contribution in [0, 0.1) is 0 Å². The highest BCUT2D eigenvalue weighted by molar-refractivity contribution is 6.29. The maximum Gasteiger partial charge on any atom is 0.254 e. The number of phenolic OH excluding ortho intramolecular Hbond substituents is 1. The highest BCUT2D eigenvalue weighted by Crippen LogP contribution is 2.34. The van der Waals surface area contributed by atoms with Gasteiger partial charge in [0.1, 0.15) is 5.75 Å². The average Bonchev–Trinajstić information content (AvgIpc) is 2.51. The van der Waals surface area contributed by atoms with Crippen LogP contribution >= 0.6 is 0 Å². The van der Waals surface area contributed by atoms with E-state index in [0.29, 0.717) is 5.56 Å². The van der Waals surface area contributed by atoms with Crippen molar-refractivity contribution in [2.24, 2.45) is 0 Å². The summed E-state index contributed by atoms with van der Waals surface area (Å²) in [6.45, 7) is 0. The fourth-order valence-corrected chi connectivity index (χ4v) is 2.49. The summed E-state index contributed by atoms with van der Waals surface area (Å²) in [5.41, 5.74) is 0.516. The summed E-state index contributed by atoms with van der Waals surface area (Å²) in [6.07, 6.45) is 0. The van der Waals surface area contributed by atoms with Crippen LogP contribution < -0.4 is 5.32 Å². The Hall–Kier alpha value is -2.95. The van der Waals surface area contributed by atoms with E-state index in [9.17, 15) is 19.5 Å². The first kappa shape index (κ1) is 13.1. The molecule has 0 radical (unpaired) electrons. The van der Waals surface area contributed by atoms with Crippen LogP contribution in [-0.2, 0) is 0 Å². The summed E-state index contributed by atoms with van der Waals surface area (Å²) in [5.74, 6) is -1.77. The van der Waals surface area contributed by atoms with Crippen LogP contribution in [0.5, 0.6) is 5.75 Å². The number of phenols is 1. The monoisotopic (exact) mass is 281 g/mol. The molecule has 0 heterocycles. The Morgan fingerprint density at radius 3 is 2.19 bits per heavy atom. The van der Waals surface area contributed by atoms with E-state index in [1.165, 1.54) is 25.2 Å². The molecule has 0 fully saturated rings. The van der Waals surface area contributed by atoms with E-state index >= 15 is 0 Å². The molecule has 5 nitrogen and oxygen atoms in total. The van der Waals surface area contributed by atoms with Gasteiger partial charge in [0.15, 0.2) is 11.6 Å². The van der Waals surface area contributed by atoms with Gasteiger partial charge in [0.25, 0.3) is 5.91 Å². The predicted molar refractivity (Wildman–Crippen MR) is 74.8 cm³/mol. The van der Waals surface area contributed by atoms with Crippen LogP contribution in [0.25, 0.3) is 0 Å². The fourth-order valence-electron chi connectivity index (χ4n) is 2.49. The molecule has 0 spiro atoms. The minimum absolute atomic E-state index is 0.0308. The lowest BCUT2D eigenvalue weighted by Gasteiger charge is -2.19. The molecule has 1 aliphatic carbocycles. The van der Waals surface area contributed by atoms with E-state index in [-0.39, 0.29) is 28.0 Å². The second-order valence-corrected chi connectivity index (χ2v) is 4.67. The third kappa shape index (κ3) is 1.74. The van der Waals surface area contributed by atoms with Crippen molar-refractivity contribution in [2.45, 2.75) is 0 Å². The first-order valence-electron chi connectivity index (χ1n) is 6.32. The Labute approximate surface area is 120 Å². The maximum atomic E-state index is 12.5. The van der Waals surface area contributed by atoms with Crippen molar-refractivity contribution in [2.75, 3.05) is 7.05 Å². The lowest BCUT2D eigenvalue weighted by atomic mass is 9.82. The molecule has 0 bridgehead atoms. The minimum Gasteiger partial charge on any atom is -0.506 e. The van der Waals surface area contributed by atoms with Gasteiger partial charge < -0.3 is 10.4 Å². The Balaban J connectivity index is 2.29. The van der Waals surface area contributed by atoms with Crippen molar-refractivity contribution in [3.8, 4) is 5.75 Å². The average molecular weight is 281 g/mol.